The summed E-state index contributed by atoms with van der Waals surface area (Å²) in [4.78, 5) is 1.30. The molecule has 3 heteroatoms. The fourth-order valence-corrected chi connectivity index (χ4v) is 2.44. The number of rotatable bonds is 3. The Morgan fingerprint density at radius 2 is 2.54 bits per heavy atom. The van der Waals surface area contributed by atoms with Gasteiger partial charge in [-0.05, 0) is 37.3 Å². The van der Waals surface area contributed by atoms with Crippen molar-refractivity contribution in [1.29, 1.82) is 0 Å². The van der Waals surface area contributed by atoms with Crippen molar-refractivity contribution in [2.75, 3.05) is 13.1 Å². The van der Waals surface area contributed by atoms with Gasteiger partial charge in [0.15, 0.2) is 0 Å². The van der Waals surface area contributed by atoms with E-state index in [0.717, 1.165) is 13.0 Å². The highest BCUT2D eigenvalue weighted by molar-refractivity contribution is 7.09. The molecule has 1 saturated heterocycles. The van der Waals surface area contributed by atoms with Crippen LogP contribution in [0.4, 0.5) is 4.39 Å². The molecule has 0 aliphatic carbocycles. The number of hydrogen-bond donors (Lipinski definition) is 1. The first kappa shape index (κ1) is 9.16. The Bertz CT molecular complexity index is 252. The molecule has 1 aliphatic heterocycles. The Hall–Kier alpha value is -0.410. The van der Waals surface area contributed by atoms with E-state index in [-0.39, 0.29) is 0 Å². The molecule has 1 unspecified atom stereocenters. The molecular weight excluding hydrogens is 185 g/mol. The molecule has 0 aromatic carbocycles. The second kappa shape index (κ2) is 3.76. The Kier molecular flexibility index (Phi) is 2.65. The highest BCUT2D eigenvalue weighted by atomic mass is 32.1. The first-order valence-electron chi connectivity index (χ1n) is 4.71. The number of alkyl halides is 1. The Labute approximate surface area is 82.0 Å². The van der Waals surface area contributed by atoms with Crippen molar-refractivity contribution >= 4 is 11.3 Å². The zero-order valence-corrected chi connectivity index (χ0v) is 8.37. The number of aryl methyl sites for hydroxylation is 1. The Morgan fingerprint density at radius 1 is 1.62 bits per heavy atom. The SMILES string of the molecule is FC1(CCc2cccs2)CCNC1. The van der Waals surface area contributed by atoms with E-state index in [0.29, 0.717) is 19.4 Å². The molecule has 1 nitrogen and oxygen atoms in total. The van der Waals surface area contributed by atoms with Gasteiger partial charge in [-0.3, -0.25) is 0 Å². The van der Waals surface area contributed by atoms with Crippen molar-refractivity contribution in [2.45, 2.75) is 24.9 Å². The molecule has 2 heterocycles. The third-order valence-electron chi connectivity index (χ3n) is 2.59. The molecule has 0 bridgehead atoms. The largest absolute Gasteiger partial charge is 0.313 e. The maximum absolute atomic E-state index is 13.8. The zero-order chi connectivity index (χ0) is 9.15. The Balaban J connectivity index is 1.85. The molecule has 1 fully saturated rings. The van der Waals surface area contributed by atoms with E-state index >= 15 is 0 Å². The van der Waals surface area contributed by atoms with Crippen LogP contribution in [-0.2, 0) is 6.42 Å². The minimum atomic E-state index is -0.940. The van der Waals surface area contributed by atoms with Gasteiger partial charge in [0.2, 0.25) is 0 Å². The van der Waals surface area contributed by atoms with Crippen LogP contribution in [0.3, 0.4) is 0 Å². The monoisotopic (exact) mass is 199 g/mol. The number of thiophene rings is 1. The highest BCUT2D eigenvalue weighted by Gasteiger charge is 2.32. The molecular formula is C10H14FNS. The van der Waals surface area contributed by atoms with Crippen molar-refractivity contribution in [3.05, 3.63) is 22.4 Å². The summed E-state index contributed by atoms with van der Waals surface area (Å²) >= 11 is 1.72. The van der Waals surface area contributed by atoms with Crippen molar-refractivity contribution < 1.29 is 4.39 Å². The molecule has 13 heavy (non-hydrogen) atoms. The van der Waals surface area contributed by atoms with Crippen molar-refractivity contribution in [2.24, 2.45) is 0 Å². The maximum atomic E-state index is 13.8. The average molecular weight is 199 g/mol. The quantitative estimate of drug-likeness (QED) is 0.788. The molecule has 1 aromatic heterocycles. The smallest absolute Gasteiger partial charge is 0.125 e. The predicted octanol–water partition coefficient (Wildman–Crippen LogP) is 2.38. The predicted molar refractivity (Wildman–Crippen MR) is 54.0 cm³/mol. The second-order valence-corrected chi connectivity index (χ2v) is 4.69. The summed E-state index contributed by atoms with van der Waals surface area (Å²) in [6, 6.07) is 4.11. The lowest BCUT2D eigenvalue weighted by molar-refractivity contribution is 0.177. The standard InChI is InChI=1S/C10H14FNS/c11-10(5-6-12-8-10)4-3-9-2-1-7-13-9/h1-2,7,12H,3-6,8H2. The van der Waals surface area contributed by atoms with Gasteiger partial charge >= 0.3 is 0 Å². The van der Waals surface area contributed by atoms with E-state index in [9.17, 15) is 4.39 Å². The van der Waals surface area contributed by atoms with E-state index in [2.05, 4.69) is 11.4 Å². The van der Waals surface area contributed by atoms with Crippen LogP contribution in [-0.4, -0.2) is 18.8 Å². The summed E-state index contributed by atoms with van der Waals surface area (Å²) in [5.74, 6) is 0. The summed E-state index contributed by atoms with van der Waals surface area (Å²) < 4.78 is 13.8. The van der Waals surface area contributed by atoms with E-state index in [1.807, 2.05) is 11.4 Å². The summed E-state index contributed by atoms with van der Waals surface area (Å²) in [6.45, 7) is 1.37. The number of nitrogens with one attached hydrogen (secondary N) is 1. The molecule has 2 rings (SSSR count). The molecule has 1 N–H and O–H groups in total. The van der Waals surface area contributed by atoms with Gasteiger partial charge in [-0.15, -0.1) is 11.3 Å². The van der Waals surface area contributed by atoms with Crippen molar-refractivity contribution in [1.82, 2.24) is 5.32 Å². The first-order valence-corrected chi connectivity index (χ1v) is 5.59. The van der Waals surface area contributed by atoms with Crippen LogP contribution >= 0.6 is 11.3 Å². The van der Waals surface area contributed by atoms with Crippen LogP contribution < -0.4 is 5.32 Å². The molecule has 0 spiro atoms. The van der Waals surface area contributed by atoms with Gasteiger partial charge in [-0.25, -0.2) is 4.39 Å². The van der Waals surface area contributed by atoms with E-state index in [1.54, 1.807) is 11.3 Å². The van der Waals surface area contributed by atoms with Gasteiger partial charge < -0.3 is 5.32 Å². The van der Waals surface area contributed by atoms with Gasteiger partial charge in [0, 0.05) is 11.4 Å². The summed E-state index contributed by atoms with van der Waals surface area (Å²) in [5.41, 5.74) is -0.940. The fraction of sp³-hybridized carbons (Fsp3) is 0.600. The van der Waals surface area contributed by atoms with Crippen LogP contribution in [0, 0.1) is 0 Å². The maximum Gasteiger partial charge on any atom is 0.125 e. The van der Waals surface area contributed by atoms with Crippen molar-refractivity contribution in [3.8, 4) is 0 Å². The van der Waals surface area contributed by atoms with E-state index in [4.69, 9.17) is 0 Å². The topological polar surface area (TPSA) is 12.0 Å². The van der Waals surface area contributed by atoms with Crippen LogP contribution in [0.25, 0.3) is 0 Å². The van der Waals surface area contributed by atoms with E-state index in [1.165, 1.54) is 4.88 Å². The number of halogens is 1. The Morgan fingerprint density at radius 3 is 3.15 bits per heavy atom. The summed E-state index contributed by atoms with van der Waals surface area (Å²) in [7, 11) is 0. The third-order valence-corrected chi connectivity index (χ3v) is 3.53. The molecule has 1 atom stereocenters. The highest BCUT2D eigenvalue weighted by Crippen LogP contribution is 2.26. The van der Waals surface area contributed by atoms with Crippen molar-refractivity contribution in [3.63, 3.8) is 0 Å². The molecule has 72 valence electrons. The first-order chi connectivity index (χ1) is 6.29. The fourth-order valence-electron chi connectivity index (χ4n) is 1.73. The second-order valence-electron chi connectivity index (χ2n) is 3.66. The van der Waals surface area contributed by atoms with Crippen LogP contribution in [0.5, 0.6) is 0 Å². The lowest BCUT2D eigenvalue weighted by Crippen LogP contribution is -2.26. The summed E-state index contributed by atoms with van der Waals surface area (Å²) in [5, 5.41) is 5.12. The third kappa shape index (κ3) is 2.29. The average Bonchev–Trinajstić information content (AvgIpc) is 2.72. The van der Waals surface area contributed by atoms with Gasteiger partial charge in [0.1, 0.15) is 5.67 Å². The van der Waals surface area contributed by atoms with Gasteiger partial charge in [0.25, 0.3) is 0 Å². The zero-order valence-electron chi connectivity index (χ0n) is 7.55. The lowest BCUT2D eigenvalue weighted by Gasteiger charge is -2.16. The lowest BCUT2D eigenvalue weighted by atomic mass is 9.98. The molecule has 1 aromatic rings. The number of hydrogen-bond acceptors (Lipinski definition) is 2. The van der Waals surface area contributed by atoms with Gasteiger partial charge in [0.05, 0.1) is 0 Å². The molecule has 1 aliphatic rings. The van der Waals surface area contributed by atoms with Gasteiger partial charge in [-0.2, -0.15) is 0 Å². The molecule has 0 amide bonds. The minimum Gasteiger partial charge on any atom is -0.313 e. The molecule has 0 saturated carbocycles. The van der Waals surface area contributed by atoms with Crippen LogP contribution in [0.15, 0.2) is 17.5 Å². The van der Waals surface area contributed by atoms with Crippen LogP contribution in [0.2, 0.25) is 0 Å². The van der Waals surface area contributed by atoms with Gasteiger partial charge in [-0.1, -0.05) is 6.07 Å². The minimum absolute atomic E-state index is 0.540. The molecule has 0 radical (unpaired) electrons. The van der Waals surface area contributed by atoms with E-state index < -0.39 is 5.67 Å². The van der Waals surface area contributed by atoms with Crippen LogP contribution in [0.1, 0.15) is 17.7 Å². The summed E-state index contributed by atoms with van der Waals surface area (Å²) in [6.07, 6.45) is 2.23. The normalized spacial score (nSPS) is 28.1.